The van der Waals surface area contributed by atoms with E-state index in [9.17, 15) is 4.79 Å². The maximum Gasteiger partial charge on any atom is 0.271 e. The van der Waals surface area contributed by atoms with Crippen LogP contribution in [0.1, 0.15) is 29.0 Å². The van der Waals surface area contributed by atoms with Gasteiger partial charge in [-0.25, -0.2) is 4.98 Å². The summed E-state index contributed by atoms with van der Waals surface area (Å²) >= 11 is 1.25. The van der Waals surface area contributed by atoms with Crippen LogP contribution in [0.4, 0.5) is 5.13 Å². The first-order valence-corrected chi connectivity index (χ1v) is 5.94. The summed E-state index contributed by atoms with van der Waals surface area (Å²) in [6.45, 7) is 1.89. The number of nitrogens with zero attached hydrogens (tertiary/aromatic N) is 3. The van der Waals surface area contributed by atoms with E-state index in [4.69, 9.17) is 5.73 Å². The number of aryl methyl sites for hydroxylation is 1. The number of carbonyl (C=O) groups is 1. The average molecular weight is 251 g/mol. The highest BCUT2D eigenvalue weighted by Crippen LogP contribution is 2.14. The number of nitrogens with two attached hydrogens (primary N) is 1. The Kier molecular flexibility index (Phi) is 3.10. The summed E-state index contributed by atoms with van der Waals surface area (Å²) in [5, 5.41) is 8.92. The van der Waals surface area contributed by atoms with Gasteiger partial charge in [0.2, 0.25) is 0 Å². The van der Waals surface area contributed by atoms with Crippen molar-refractivity contribution < 1.29 is 4.79 Å². The predicted octanol–water partition coefficient (Wildman–Crippen LogP) is 0.950. The van der Waals surface area contributed by atoms with Crippen molar-refractivity contribution in [3.63, 3.8) is 0 Å². The maximum absolute atomic E-state index is 11.8. The molecule has 1 amide bonds. The molecule has 2 heterocycles. The Morgan fingerprint density at radius 1 is 1.65 bits per heavy atom. The van der Waals surface area contributed by atoms with Crippen molar-refractivity contribution in [2.24, 2.45) is 7.05 Å². The molecule has 0 fully saturated rings. The zero-order chi connectivity index (χ0) is 12.4. The minimum absolute atomic E-state index is 0.112. The fourth-order valence-corrected chi connectivity index (χ4v) is 1.95. The first kappa shape index (κ1) is 11.6. The van der Waals surface area contributed by atoms with Gasteiger partial charge in [-0.3, -0.25) is 9.48 Å². The van der Waals surface area contributed by atoms with Gasteiger partial charge < -0.3 is 11.1 Å². The lowest BCUT2D eigenvalue weighted by Crippen LogP contribution is -2.26. The van der Waals surface area contributed by atoms with E-state index in [-0.39, 0.29) is 11.9 Å². The van der Waals surface area contributed by atoms with E-state index in [1.165, 1.54) is 11.3 Å². The lowest BCUT2D eigenvalue weighted by atomic mass is 10.2. The molecule has 1 unspecified atom stereocenters. The van der Waals surface area contributed by atoms with Crippen LogP contribution >= 0.6 is 11.3 Å². The van der Waals surface area contributed by atoms with Gasteiger partial charge in [0.25, 0.3) is 5.91 Å². The molecule has 2 aromatic rings. The van der Waals surface area contributed by atoms with Crippen LogP contribution in [-0.4, -0.2) is 20.7 Å². The van der Waals surface area contributed by atoms with E-state index in [0.717, 1.165) is 5.56 Å². The Labute approximate surface area is 102 Å². The number of nitrogen functional groups attached to an aromatic ring is 1. The van der Waals surface area contributed by atoms with E-state index in [2.05, 4.69) is 15.4 Å². The van der Waals surface area contributed by atoms with Crippen LogP contribution in [0.2, 0.25) is 0 Å². The molecule has 6 nitrogen and oxygen atoms in total. The molecule has 0 radical (unpaired) electrons. The van der Waals surface area contributed by atoms with Gasteiger partial charge in [0.05, 0.1) is 12.2 Å². The number of aromatic nitrogens is 3. The molecular formula is C10H13N5OS. The highest BCUT2D eigenvalue weighted by Gasteiger charge is 2.14. The van der Waals surface area contributed by atoms with Gasteiger partial charge in [-0.2, -0.15) is 5.10 Å². The monoisotopic (exact) mass is 251 g/mol. The summed E-state index contributed by atoms with van der Waals surface area (Å²) in [5.41, 5.74) is 6.77. The molecule has 0 aliphatic rings. The smallest absolute Gasteiger partial charge is 0.271 e. The van der Waals surface area contributed by atoms with Gasteiger partial charge in [-0.15, -0.1) is 11.3 Å². The Balaban J connectivity index is 2.04. The number of hydrogen-bond donors (Lipinski definition) is 2. The van der Waals surface area contributed by atoms with Gasteiger partial charge in [-0.05, 0) is 6.92 Å². The van der Waals surface area contributed by atoms with Crippen molar-refractivity contribution >= 4 is 22.4 Å². The minimum Gasteiger partial charge on any atom is -0.375 e. The highest BCUT2D eigenvalue weighted by atomic mass is 32.1. The van der Waals surface area contributed by atoms with E-state index in [0.29, 0.717) is 10.8 Å². The maximum atomic E-state index is 11.8. The lowest BCUT2D eigenvalue weighted by molar-refractivity contribution is 0.0935. The summed E-state index contributed by atoms with van der Waals surface area (Å²) in [6, 6.07) is -0.112. The summed E-state index contributed by atoms with van der Waals surface area (Å²) in [7, 11) is 1.83. The van der Waals surface area contributed by atoms with Gasteiger partial charge in [0.15, 0.2) is 5.13 Å². The molecule has 0 aliphatic carbocycles. The number of carbonyl (C=O) groups excluding carboxylic acids is 1. The summed E-state index contributed by atoms with van der Waals surface area (Å²) in [4.78, 5) is 15.7. The first-order chi connectivity index (χ1) is 8.06. The topological polar surface area (TPSA) is 85.8 Å². The molecule has 1 atom stereocenters. The van der Waals surface area contributed by atoms with E-state index in [1.54, 1.807) is 16.3 Å². The molecular weight excluding hydrogens is 238 g/mol. The highest BCUT2D eigenvalue weighted by molar-refractivity contribution is 7.13. The third-order valence-corrected chi connectivity index (χ3v) is 3.00. The molecule has 7 heteroatoms. The number of rotatable bonds is 3. The van der Waals surface area contributed by atoms with Gasteiger partial charge in [-0.1, -0.05) is 0 Å². The number of amides is 1. The van der Waals surface area contributed by atoms with Crippen LogP contribution in [-0.2, 0) is 7.05 Å². The molecule has 2 aromatic heterocycles. The Morgan fingerprint density at radius 2 is 2.41 bits per heavy atom. The number of anilines is 1. The zero-order valence-corrected chi connectivity index (χ0v) is 10.4. The standard InChI is InChI=1S/C10H13N5OS/c1-6(7-3-12-15(2)4-7)13-9(16)8-5-17-10(11)14-8/h3-6H,1-2H3,(H2,11,14)(H,13,16). The molecule has 17 heavy (non-hydrogen) atoms. The fourth-order valence-electron chi connectivity index (χ4n) is 1.41. The molecule has 0 aromatic carbocycles. The largest absolute Gasteiger partial charge is 0.375 e. The molecule has 0 spiro atoms. The van der Waals surface area contributed by atoms with Crippen LogP contribution < -0.4 is 11.1 Å². The molecule has 0 bridgehead atoms. The van der Waals surface area contributed by atoms with Crippen molar-refractivity contribution in [3.05, 3.63) is 29.0 Å². The van der Waals surface area contributed by atoms with E-state index in [1.807, 2.05) is 20.2 Å². The number of thiazole rings is 1. The Morgan fingerprint density at radius 3 is 2.94 bits per heavy atom. The van der Waals surface area contributed by atoms with Crippen LogP contribution in [0.15, 0.2) is 17.8 Å². The molecule has 0 saturated carbocycles. The lowest BCUT2D eigenvalue weighted by Gasteiger charge is -2.10. The Hall–Kier alpha value is -1.89. The van der Waals surface area contributed by atoms with Crippen molar-refractivity contribution in [2.45, 2.75) is 13.0 Å². The van der Waals surface area contributed by atoms with Crippen molar-refractivity contribution in [1.29, 1.82) is 0 Å². The normalized spacial score (nSPS) is 12.4. The van der Waals surface area contributed by atoms with Gasteiger partial charge in [0.1, 0.15) is 5.69 Å². The molecule has 2 rings (SSSR count). The van der Waals surface area contributed by atoms with Crippen LogP contribution in [0.5, 0.6) is 0 Å². The van der Waals surface area contributed by atoms with Crippen molar-refractivity contribution in [2.75, 3.05) is 5.73 Å². The quantitative estimate of drug-likeness (QED) is 0.850. The van der Waals surface area contributed by atoms with Crippen molar-refractivity contribution in [1.82, 2.24) is 20.1 Å². The van der Waals surface area contributed by atoms with E-state index < -0.39 is 0 Å². The zero-order valence-electron chi connectivity index (χ0n) is 9.54. The molecule has 0 aliphatic heterocycles. The minimum atomic E-state index is -0.227. The third-order valence-electron chi connectivity index (χ3n) is 2.33. The van der Waals surface area contributed by atoms with Gasteiger partial charge >= 0.3 is 0 Å². The van der Waals surface area contributed by atoms with Crippen LogP contribution in [0.3, 0.4) is 0 Å². The number of nitrogens with one attached hydrogen (secondary N) is 1. The molecule has 3 N–H and O–H groups in total. The first-order valence-electron chi connectivity index (χ1n) is 5.06. The fraction of sp³-hybridized carbons (Fsp3) is 0.300. The van der Waals surface area contributed by atoms with Crippen LogP contribution in [0, 0.1) is 0 Å². The van der Waals surface area contributed by atoms with E-state index >= 15 is 0 Å². The summed E-state index contributed by atoms with van der Waals surface area (Å²) in [5.74, 6) is -0.227. The second-order valence-electron chi connectivity index (χ2n) is 3.71. The Bertz CT molecular complexity index is 532. The van der Waals surface area contributed by atoms with Gasteiger partial charge in [0, 0.05) is 24.2 Å². The average Bonchev–Trinajstić information content (AvgIpc) is 2.87. The third kappa shape index (κ3) is 2.62. The second kappa shape index (κ2) is 4.54. The predicted molar refractivity (Wildman–Crippen MR) is 65.6 cm³/mol. The van der Waals surface area contributed by atoms with Crippen molar-refractivity contribution in [3.8, 4) is 0 Å². The summed E-state index contributed by atoms with van der Waals surface area (Å²) in [6.07, 6.45) is 3.58. The molecule has 90 valence electrons. The number of hydrogen-bond acceptors (Lipinski definition) is 5. The SMILES string of the molecule is CC(NC(=O)c1csc(N)n1)c1cnn(C)c1. The molecule has 0 saturated heterocycles. The summed E-state index contributed by atoms with van der Waals surface area (Å²) < 4.78 is 1.69. The second-order valence-corrected chi connectivity index (χ2v) is 4.60. The van der Waals surface area contributed by atoms with Crippen LogP contribution in [0.25, 0.3) is 0 Å².